The third kappa shape index (κ3) is 4.18. The number of anilines is 3. The van der Waals surface area contributed by atoms with E-state index < -0.39 is 0 Å². The van der Waals surface area contributed by atoms with Gasteiger partial charge in [0.05, 0.1) is 0 Å². The van der Waals surface area contributed by atoms with Crippen LogP contribution in [0, 0.1) is 0 Å². The first-order valence-electron chi connectivity index (χ1n) is 16.7. The van der Waals surface area contributed by atoms with E-state index in [1.807, 2.05) is 0 Å². The molecule has 0 aliphatic heterocycles. The lowest BCUT2D eigenvalue weighted by Gasteiger charge is -2.30. The molecule has 0 atom stereocenters. The third-order valence-corrected chi connectivity index (χ3v) is 10.5. The minimum Gasteiger partial charge on any atom is -0.456 e. The van der Waals surface area contributed by atoms with Crippen molar-refractivity contribution >= 4 is 49.8 Å². The van der Waals surface area contributed by atoms with Crippen molar-refractivity contribution in [2.24, 2.45) is 0 Å². The van der Waals surface area contributed by atoms with Gasteiger partial charge in [0, 0.05) is 39.3 Å². The van der Waals surface area contributed by atoms with Crippen LogP contribution in [-0.2, 0) is 5.41 Å². The van der Waals surface area contributed by atoms with Gasteiger partial charge in [-0.2, -0.15) is 0 Å². The molecule has 0 amide bonds. The summed E-state index contributed by atoms with van der Waals surface area (Å²) in [5, 5.41) is 4.88. The number of nitrogens with zero attached hydrogens (tertiary/aromatic N) is 1. The molecule has 0 bridgehead atoms. The lowest BCUT2D eigenvalue weighted by atomic mass is 9.72. The molecule has 0 radical (unpaired) electrons. The largest absolute Gasteiger partial charge is 0.456 e. The summed E-state index contributed by atoms with van der Waals surface area (Å²) in [6, 6.07) is 54.9. The van der Waals surface area contributed by atoms with Gasteiger partial charge in [-0.05, 0) is 99.5 Å². The molecular weight excluding hydrogens is 571 g/mol. The molecule has 0 fully saturated rings. The van der Waals surface area contributed by atoms with E-state index in [1.165, 1.54) is 54.9 Å². The number of fused-ring (bicyclic) bond motifs is 8. The van der Waals surface area contributed by atoms with Crippen molar-refractivity contribution in [2.45, 2.75) is 32.1 Å². The van der Waals surface area contributed by atoms with Gasteiger partial charge < -0.3 is 9.32 Å². The van der Waals surface area contributed by atoms with Crippen LogP contribution < -0.4 is 4.90 Å². The summed E-state index contributed by atoms with van der Waals surface area (Å²) in [6.45, 7) is 4.66. The van der Waals surface area contributed by atoms with Gasteiger partial charge in [-0.15, -0.1) is 0 Å². The maximum atomic E-state index is 6.74. The maximum absolute atomic E-state index is 6.74. The van der Waals surface area contributed by atoms with Crippen LogP contribution in [0.4, 0.5) is 17.1 Å². The highest BCUT2D eigenvalue weighted by atomic mass is 16.3. The van der Waals surface area contributed by atoms with Crippen molar-refractivity contribution in [3.8, 4) is 22.3 Å². The van der Waals surface area contributed by atoms with E-state index >= 15 is 0 Å². The van der Waals surface area contributed by atoms with Gasteiger partial charge in [0.1, 0.15) is 11.2 Å². The fourth-order valence-electron chi connectivity index (χ4n) is 8.17. The number of rotatable bonds is 6. The van der Waals surface area contributed by atoms with E-state index in [9.17, 15) is 0 Å². The van der Waals surface area contributed by atoms with Crippen LogP contribution in [-0.4, -0.2) is 0 Å². The van der Waals surface area contributed by atoms with Crippen molar-refractivity contribution in [1.29, 1.82) is 0 Å². The summed E-state index contributed by atoms with van der Waals surface area (Å²) < 4.78 is 6.74. The average Bonchev–Trinajstić information content (AvgIpc) is 3.65. The summed E-state index contributed by atoms with van der Waals surface area (Å²) in [7, 11) is 0. The predicted molar refractivity (Wildman–Crippen MR) is 198 cm³/mol. The first-order chi connectivity index (χ1) is 23.2. The summed E-state index contributed by atoms with van der Waals surface area (Å²) in [5.41, 5.74) is 13.1. The molecule has 1 aliphatic carbocycles. The van der Waals surface area contributed by atoms with Gasteiger partial charge in [-0.3, -0.25) is 0 Å². The zero-order valence-electron chi connectivity index (χ0n) is 26.7. The molecular formula is C45H35NO. The molecule has 9 rings (SSSR count). The van der Waals surface area contributed by atoms with Crippen LogP contribution in [0.2, 0.25) is 0 Å². The van der Waals surface area contributed by atoms with E-state index in [2.05, 4.69) is 170 Å². The van der Waals surface area contributed by atoms with E-state index in [1.54, 1.807) is 0 Å². The third-order valence-electron chi connectivity index (χ3n) is 10.5. The minimum absolute atomic E-state index is 0.0292. The molecule has 0 unspecified atom stereocenters. The molecule has 0 N–H and O–H groups in total. The first kappa shape index (κ1) is 27.7. The molecule has 1 aromatic heterocycles. The Bertz CT molecular complexity index is 2430. The van der Waals surface area contributed by atoms with Gasteiger partial charge in [-0.25, -0.2) is 0 Å². The van der Waals surface area contributed by atoms with Crippen LogP contribution in [0.15, 0.2) is 156 Å². The molecule has 1 heterocycles. The molecule has 0 spiro atoms. The molecule has 7 aromatic carbocycles. The Hall–Kier alpha value is -5.60. The highest BCUT2D eigenvalue weighted by molar-refractivity contribution is 6.12. The number of hydrogen-bond acceptors (Lipinski definition) is 2. The average molecular weight is 606 g/mol. The fraction of sp³-hybridized carbons (Fsp3) is 0.111. The van der Waals surface area contributed by atoms with Crippen molar-refractivity contribution < 1.29 is 4.42 Å². The maximum Gasteiger partial charge on any atom is 0.137 e. The van der Waals surface area contributed by atoms with Crippen LogP contribution in [0.25, 0.3) is 55.0 Å². The van der Waals surface area contributed by atoms with E-state index in [-0.39, 0.29) is 5.41 Å². The summed E-state index contributed by atoms with van der Waals surface area (Å²) >= 11 is 0. The van der Waals surface area contributed by atoms with Crippen LogP contribution >= 0.6 is 0 Å². The van der Waals surface area contributed by atoms with Gasteiger partial charge >= 0.3 is 0 Å². The van der Waals surface area contributed by atoms with Gasteiger partial charge in [-0.1, -0.05) is 117 Å². The second-order valence-corrected chi connectivity index (χ2v) is 12.8. The van der Waals surface area contributed by atoms with E-state index in [4.69, 9.17) is 4.42 Å². The number of hydrogen-bond donors (Lipinski definition) is 0. The smallest absolute Gasteiger partial charge is 0.137 e. The molecule has 0 saturated heterocycles. The molecule has 226 valence electrons. The minimum atomic E-state index is -0.0292. The normalized spacial score (nSPS) is 13.2. The second-order valence-electron chi connectivity index (χ2n) is 12.8. The molecule has 1 aliphatic rings. The predicted octanol–water partition coefficient (Wildman–Crippen LogP) is 13.0. The quantitative estimate of drug-likeness (QED) is 0.187. The molecule has 2 heteroatoms. The highest BCUT2D eigenvalue weighted by Gasteiger charge is 2.42. The standard InChI is InChI=1S/C45H35NO/c1-3-45(4-2)40-17-11-10-16-37(40)38-26-27-41-43(44(38)45)39-25-24-36(29-42(39)47-41)46(35-23-20-31-14-8-9-15-33(31)28-35)34-21-18-32(19-22-34)30-12-6-5-7-13-30/h5-29H,3-4H2,1-2H3. The summed E-state index contributed by atoms with van der Waals surface area (Å²) in [6.07, 6.45) is 2.10. The van der Waals surface area contributed by atoms with E-state index in [0.29, 0.717) is 0 Å². The van der Waals surface area contributed by atoms with Gasteiger partial charge in [0.15, 0.2) is 0 Å². The van der Waals surface area contributed by atoms with Crippen LogP contribution in [0.3, 0.4) is 0 Å². The Morgan fingerprint density at radius 1 is 0.511 bits per heavy atom. The topological polar surface area (TPSA) is 16.4 Å². The Labute approximate surface area is 275 Å². The lowest BCUT2D eigenvalue weighted by Crippen LogP contribution is -2.23. The molecule has 0 saturated carbocycles. The van der Waals surface area contributed by atoms with Crippen molar-refractivity contribution in [3.05, 3.63) is 163 Å². The first-order valence-corrected chi connectivity index (χ1v) is 16.7. The summed E-state index contributed by atoms with van der Waals surface area (Å²) in [4.78, 5) is 2.34. The van der Waals surface area contributed by atoms with Crippen LogP contribution in [0.1, 0.15) is 37.8 Å². The zero-order chi connectivity index (χ0) is 31.5. The number of benzene rings is 7. The van der Waals surface area contributed by atoms with Crippen molar-refractivity contribution in [2.75, 3.05) is 4.90 Å². The SMILES string of the molecule is CCC1(CC)c2ccccc2-c2ccc3oc4cc(N(c5ccc(-c6ccccc6)cc5)c5ccc6ccccc6c5)ccc4c3c21. The van der Waals surface area contributed by atoms with Crippen LogP contribution in [0.5, 0.6) is 0 Å². The monoisotopic (exact) mass is 605 g/mol. The Morgan fingerprint density at radius 3 is 1.98 bits per heavy atom. The Morgan fingerprint density at radius 2 is 1.17 bits per heavy atom. The molecule has 47 heavy (non-hydrogen) atoms. The van der Waals surface area contributed by atoms with Crippen molar-refractivity contribution in [3.63, 3.8) is 0 Å². The van der Waals surface area contributed by atoms with E-state index in [0.717, 1.165) is 41.1 Å². The fourth-order valence-corrected chi connectivity index (χ4v) is 8.17. The molecule has 2 nitrogen and oxygen atoms in total. The van der Waals surface area contributed by atoms with Gasteiger partial charge in [0.2, 0.25) is 0 Å². The molecule has 8 aromatic rings. The number of furan rings is 1. The van der Waals surface area contributed by atoms with Crippen molar-refractivity contribution in [1.82, 2.24) is 0 Å². The Kier molecular flexibility index (Phi) is 6.33. The summed E-state index contributed by atoms with van der Waals surface area (Å²) in [5.74, 6) is 0. The lowest BCUT2D eigenvalue weighted by molar-refractivity contribution is 0.494. The highest BCUT2D eigenvalue weighted by Crippen LogP contribution is 2.56. The second kappa shape index (κ2) is 10.7. The van der Waals surface area contributed by atoms with Gasteiger partial charge in [0.25, 0.3) is 0 Å². The zero-order valence-corrected chi connectivity index (χ0v) is 26.7. The Balaban J connectivity index is 1.23.